The smallest absolute Gasteiger partial charge is 0.251 e. The van der Waals surface area contributed by atoms with Crippen LogP contribution in [0.1, 0.15) is 11.6 Å². The molecule has 0 aliphatic rings. The van der Waals surface area contributed by atoms with Crippen molar-refractivity contribution in [2.45, 2.75) is 6.04 Å². The molecule has 0 spiro atoms. The molecule has 0 aliphatic heterocycles. The summed E-state index contributed by atoms with van der Waals surface area (Å²) in [6.07, 6.45) is 3.81. The Morgan fingerprint density at radius 3 is 2.66 bits per heavy atom. The second-order valence-corrected chi connectivity index (χ2v) is 7.20. The largest absolute Gasteiger partial charge is 0.394 e. The van der Waals surface area contributed by atoms with Gasteiger partial charge in [0.25, 0.3) is 5.56 Å². The van der Waals surface area contributed by atoms with Crippen molar-refractivity contribution < 1.29 is 13.9 Å². The van der Waals surface area contributed by atoms with Crippen molar-refractivity contribution in [3.63, 3.8) is 0 Å². The number of aliphatic hydroxyl groups is 1. The normalized spacial score (nSPS) is 12.0. The number of aromatic nitrogens is 6. The maximum absolute atomic E-state index is 14.4. The van der Waals surface area contributed by atoms with Crippen molar-refractivity contribution in [2.75, 3.05) is 11.9 Å². The average Bonchev–Trinajstić information content (AvgIpc) is 3.18. The van der Waals surface area contributed by atoms with E-state index in [1.165, 1.54) is 45.9 Å². The summed E-state index contributed by atoms with van der Waals surface area (Å²) in [4.78, 5) is 20.8. The van der Waals surface area contributed by atoms with Crippen LogP contribution >= 0.6 is 11.6 Å². The molecule has 12 heteroatoms. The molecule has 0 saturated heterocycles. The minimum Gasteiger partial charge on any atom is -0.394 e. The molecule has 1 atom stereocenters. The lowest BCUT2D eigenvalue weighted by Crippen LogP contribution is -2.27. The van der Waals surface area contributed by atoms with Crippen molar-refractivity contribution in [1.29, 1.82) is 0 Å². The van der Waals surface area contributed by atoms with Gasteiger partial charge in [0.15, 0.2) is 11.6 Å². The summed E-state index contributed by atoms with van der Waals surface area (Å²) in [5.74, 6) is -0.826. The predicted molar refractivity (Wildman–Crippen MR) is 113 cm³/mol. The van der Waals surface area contributed by atoms with E-state index >= 15 is 0 Å². The fourth-order valence-electron chi connectivity index (χ4n) is 3.12. The Morgan fingerprint density at radius 1 is 1.19 bits per heavy atom. The van der Waals surface area contributed by atoms with Gasteiger partial charge in [-0.15, -0.1) is 5.10 Å². The van der Waals surface area contributed by atoms with Crippen LogP contribution in [0.2, 0.25) is 5.02 Å². The van der Waals surface area contributed by atoms with Gasteiger partial charge < -0.3 is 15.0 Å². The van der Waals surface area contributed by atoms with Gasteiger partial charge in [0, 0.05) is 24.9 Å². The van der Waals surface area contributed by atoms with E-state index in [0.29, 0.717) is 11.4 Å². The highest BCUT2D eigenvalue weighted by Crippen LogP contribution is 2.24. The molecule has 164 valence electrons. The Hall–Kier alpha value is -3.70. The number of hydrogen-bond acceptors (Lipinski definition) is 7. The molecule has 4 aromatic rings. The van der Waals surface area contributed by atoms with Crippen LogP contribution in [0.4, 0.5) is 20.5 Å². The molecule has 1 aromatic carbocycles. The number of nitrogens with zero attached hydrogens (tertiary/aromatic N) is 6. The molecule has 0 fully saturated rings. The van der Waals surface area contributed by atoms with E-state index in [4.69, 9.17) is 11.6 Å². The first-order valence-corrected chi connectivity index (χ1v) is 9.67. The number of halogens is 3. The molecule has 0 radical (unpaired) electrons. The summed E-state index contributed by atoms with van der Waals surface area (Å²) >= 11 is 5.71. The van der Waals surface area contributed by atoms with E-state index < -0.39 is 29.8 Å². The van der Waals surface area contributed by atoms with Gasteiger partial charge in [0.2, 0.25) is 5.95 Å². The summed E-state index contributed by atoms with van der Waals surface area (Å²) in [7, 11) is 1.66. The van der Waals surface area contributed by atoms with Crippen LogP contribution in [0.25, 0.3) is 11.3 Å². The lowest BCUT2D eigenvalue weighted by Gasteiger charge is -2.18. The lowest BCUT2D eigenvalue weighted by molar-refractivity contribution is 0.247. The monoisotopic (exact) mass is 459 g/mol. The topological polar surface area (TPSA) is 111 Å². The van der Waals surface area contributed by atoms with Crippen LogP contribution < -0.4 is 10.9 Å². The van der Waals surface area contributed by atoms with Gasteiger partial charge in [-0.3, -0.25) is 4.79 Å². The number of nitrogens with one attached hydrogen (secondary N) is 1. The number of aliphatic hydroxyl groups excluding tert-OH is 1. The summed E-state index contributed by atoms with van der Waals surface area (Å²) in [6, 6.07) is 5.80. The fraction of sp³-hybridized carbons (Fsp3) is 0.150. The second kappa shape index (κ2) is 8.81. The minimum absolute atomic E-state index is 0.0707. The Labute approximate surface area is 185 Å². The summed E-state index contributed by atoms with van der Waals surface area (Å²) in [6.45, 7) is -0.463. The number of pyridine rings is 1. The molecule has 0 amide bonds. The third kappa shape index (κ3) is 4.20. The van der Waals surface area contributed by atoms with Gasteiger partial charge in [-0.25, -0.2) is 23.4 Å². The number of rotatable bonds is 6. The molecule has 9 nitrogen and oxygen atoms in total. The van der Waals surface area contributed by atoms with Crippen molar-refractivity contribution in [2.24, 2.45) is 7.05 Å². The molecular formula is C20H16ClF2N7O2. The van der Waals surface area contributed by atoms with Crippen molar-refractivity contribution in [3.8, 4) is 11.3 Å². The molecule has 0 unspecified atom stereocenters. The molecular weight excluding hydrogens is 444 g/mol. The quantitative estimate of drug-likeness (QED) is 0.456. The number of anilines is 2. The Kier molecular flexibility index (Phi) is 5.93. The lowest BCUT2D eigenvalue weighted by atomic mass is 10.1. The van der Waals surface area contributed by atoms with Gasteiger partial charge in [0.05, 0.1) is 30.1 Å². The highest BCUT2D eigenvalue weighted by Gasteiger charge is 2.18. The molecule has 4 rings (SSSR count). The zero-order valence-corrected chi connectivity index (χ0v) is 17.3. The summed E-state index contributed by atoms with van der Waals surface area (Å²) in [5.41, 5.74) is -0.0784. The van der Waals surface area contributed by atoms with Gasteiger partial charge in [-0.2, -0.15) is 0 Å². The standard InChI is InChI=1S/C20H16ClF2N7O2/c1-29-17(9-25-28-29)26-20-24-8-15(23)19(27-20)12-4-5-30(18(32)7-12)16(10-31)11-2-3-13(21)14(22)6-11/h2-9,16,31H,10H2,1H3,(H,24,26,27)/t16-/m1/s1. The van der Waals surface area contributed by atoms with Crippen LogP contribution in [0.3, 0.4) is 0 Å². The maximum atomic E-state index is 14.4. The average molecular weight is 460 g/mol. The van der Waals surface area contributed by atoms with Crippen LogP contribution in [0, 0.1) is 11.6 Å². The highest BCUT2D eigenvalue weighted by molar-refractivity contribution is 6.30. The van der Waals surface area contributed by atoms with Gasteiger partial charge in [-0.05, 0) is 23.8 Å². The Morgan fingerprint density at radius 2 is 2.00 bits per heavy atom. The van der Waals surface area contributed by atoms with E-state index in [0.717, 1.165) is 12.3 Å². The minimum atomic E-state index is -0.854. The first-order valence-electron chi connectivity index (χ1n) is 9.30. The van der Waals surface area contributed by atoms with Crippen molar-refractivity contribution in [1.82, 2.24) is 29.5 Å². The molecule has 32 heavy (non-hydrogen) atoms. The zero-order valence-electron chi connectivity index (χ0n) is 16.6. The molecule has 3 heterocycles. The van der Waals surface area contributed by atoms with Gasteiger partial charge in [0.1, 0.15) is 11.5 Å². The first kappa shape index (κ1) is 21.5. The van der Waals surface area contributed by atoms with E-state index in [1.54, 1.807) is 7.05 Å². The number of aryl methyl sites for hydroxylation is 1. The van der Waals surface area contributed by atoms with E-state index in [2.05, 4.69) is 25.6 Å². The summed E-state index contributed by atoms with van der Waals surface area (Å²) < 4.78 is 30.9. The maximum Gasteiger partial charge on any atom is 0.251 e. The van der Waals surface area contributed by atoms with Gasteiger partial charge in [-0.1, -0.05) is 22.9 Å². The van der Waals surface area contributed by atoms with E-state index in [9.17, 15) is 18.7 Å². The zero-order chi connectivity index (χ0) is 22.8. The first-order chi connectivity index (χ1) is 15.4. The SMILES string of the molecule is Cn1nncc1Nc1ncc(F)c(-c2ccn([C@H](CO)c3ccc(Cl)c(F)c3)c(=O)c2)n1. The van der Waals surface area contributed by atoms with Crippen molar-refractivity contribution >= 4 is 23.4 Å². The summed E-state index contributed by atoms with van der Waals surface area (Å²) in [5, 5.41) is 20.1. The third-order valence-corrected chi connectivity index (χ3v) is 5.06. The number of hydrogen-bond donors (Lipinski definition) is 2. The van der Waals surface area contributed by atoms with Gasteiger partial charge >= 0.3 is 0 Å². The van der Waals surface area contributed by atoms with Crippen LogP contribution in [-0.2, 0) is 7.05 Å². The molecule has 3 aromatic heterocycles. The molecule has 0 bridgehead atoms. The predicted octanol–water partition coefficient (Wildman–Crippen LogP) is 2.69. The Bertz CT molecular complexity index is 1340. The Balaban J connectivity index is 1.68. The number of benzene rings is 1. The van der Waals surface area contributed by atoms with E-state index in [-0.39, 0.29) is 22.2 Å². The third-order valence-electron chi connectivity index (χ3n) is 4.76. The molecule has 0 aliphatic carbocycles. The van der Waals surface area contributed by atoms with E-state index in [1.807, 2.05) is 0 Å². The molecule has 2 N–H and O–H groups in total. The molecule has 0 saturated carbocycles. The van der Waals surface area contributed by atoms with Crippen LogP contribution in [-0.4, -0.2) is 41.2 Å². The van der Waals surface area contributed by atoms with Crippen LogP contribution in [0.15, 0.2) is 53.7 Å². The second-order valence-electron chi connectivity index (χ2n) is 6.79. The van der Waals surface area contributed by atoms with Crippen LogP contribution in [0.5, 0.6) is 0 Å². The fourth-order valence-corrected chi connectivity index (χ4v) is 3.23. The highest BCUT2D eigenvalue weighted by atomic mass is 35.5. The van der Waals surface area contributed by atoms with Crippen molar-refractivity contribution in [3.05, 3.63) is 81.5 Å².